The van der Waals surface area contributed by atoms with Crippen LogP contribution in [0.5, 0.6) is 0 Å². The first kappa shape index (κ1) is 17.1. The van der Waals surface area contributed by atoms with Crippen molar-refractivity contribution < 1.29 is 18.3 Å². The second-order valence-electron chi connectivity index (χ2n) is 5.88. The highest BCUT2D eigenvalue weighted by molar-refractivity contribution is 5.71. The zero-order valence-corrected chi connectivity index (χ0v) is 13.4. The van der Waals surface area contributed by atoms with Gasteiger partial charge in [0.05, 0.1) is 5.92 Å². The summed E-state index contributed by atoms with van der Waals surface area (Å²) >= 11 is 0. The van der Waals surface area contributed by atoms with Crippen molar-refractivity contribution in [2.45, 2.75) is 32.8 Å². The number of halogens is 2. The van der Waals surface area contributed by atoms with E-state index in [1.54, 1.807) is 45.0 Å². The first-order valence-corrected chi connectivity index (χ1v) is 7.60. The molecule has 1 atom stereocenters. The summed E-state index contributed by atoms with van der Waals surface area (Å²) in [6.45, 7) is 5.32. The van der Waals surface area contributed by atoms with Crippen LogP contribution in [0.1, 0.15) is 37.8 Å². The third-order valence-electron chi connectivity index (χ3n) is 3.70. The lowest BCUT2D eigenvalue weighted by molar-refractivity contribution is -0.152. The highest BCUT2D eigenvalue weighted by Gasteiger charge is 2.25. The molecule has 2 nitrogen and oxygen atoms in total. The van der Waals surface area contributed by atoms with Crippen LogP contribution in [0.25, 0.3) is 0 Å². The average Bonchev–Trinajstić information content (AvgIpc) is 2.51. The zero-order chi connectivity index (χ0) is 17.0. The molecule has 2 rings (SSSR count). The van der Waals surface area contributed by atoms with Crippen molar-refractivity contribution in [3.8, 4) is 0 Å². The molecule has 122 valence electrons. The second-order valence-corrected chi connectivity index (χ2v) is 5.88. The minimum atomic E-state index is -0.458. The molecule has 23 heavy (non-hydrogen) atoms. The maximum atomic E-state index is 13.2. The molecular weight excluding hydrogens is 298 g/mol. The Morgan fingerprint density at radius 1 is 0.826 bits per heavy atom. The summed E-state index contributed by atoms with van der Waals surface area (Å²) in [5.41, 5.74) is 1.61. The predicted octanol–water partition coefficient (Wildman–Crippen LogP) is 4.68. The fraction of sp³-hybridized carbons (Fsp3) is 0.316. The Labute approximate surface area is 135 Å². The van der Waals surface area contributed by atoms with Gasteiger partial charge in [0.25, 0.3) is 0 Å². The summed E-state index contributed by atoms with van der Waals surface area (Å²) in [6.07, 6.45) is -0.458. The Bertz CT molecular complexity index is 603. The zero-order valence-electron chi connectivity index (χ0n) is 13.4. The number of esters is 1. The fourth-order valence-corrected chi connectivity index (χ4v) is 2.46. The van der Waals surface area contributed by atoms with Gasteiger partial charge in [0.15, 0.2) is 0 Å². The van der Waals surface area contributed by atoms with Gasteiger partial charge in [-0.15, -0.1) is 0 Å². The van der Waals surface area contributed by atoms with Crippen LogP contribution in [0, 0.1) is 17.6 Å². The van der Waals surface area contributed by atoms with E-state index in [4.69, 9.17) is 4.74 Å². The van der Waals surface area contributed by atoms with Gasteiger partial charge in [0.2, 0.25) is 0 Å². The number of hydrogen-bond acceptors (Lipinski definition) is 2. The van der Waals surface area contributed by atoms with Crippen LogP contribution in [0.4, 0.5) is 8.78 Å². The molecule has 2 aromatic carbocycles. The quantitative estimate of drug-likeness (QED) is 0.748. The number of rotatable bonds is 5. The van der Waals surface area contributed by atoms with Crippen molar-refractivity contribution in [3.05, 3.63) is 71.3 Å². The van der Waals surface area contributed by atoms with Crippen molar-refractivity contribution in [2.24, 2.45) is 5.92 Å². The first-order valence-electron chi connectivity index (χ1n) is 7.60. The third-order valence-corrected chi connectivity index (χ3v) is 3.70. The van der Waals surface area contributed by atoms with Crippen molar-refractivity contribution in [1.82, 2.24) is 0 Å². The molecule has 0 heterocycles. The van der Waals surface area contributed by atoms with Gasteiger partial charge in [-0.25, -0.2) is 8.78 Å². The van der Waals surface area contributed by atoms with Gasteiger partial charge >= 0.3 is 5.97 Å². The normalized spacial score (nSPS) is 12.5. The maximum absolute atomic E-state index is 13.2. The van der Waals surface area contributed by atoms with E-state index in [1.165, 1.54) is 24.3 Å². The number of carbonyl (C=O) groups is 1. The van der Waals surface area contributed by atoms with E-state index in [2.05, 4.69) is 0 Å². The van der Waals surface area contributed by atoms with E-state index >= 15 is 0 Å². The SMILES string of the molecule is CC(C)C(=O)O[C@@H](C)C(c1ccc(F)cc1)c1ccc(F)cc1. The summed E-state index contributed by atoms with van der Waals surface area (Å²) in [6, 6.07) is 12.1. The standard InChI is InChI=1S/C19H20F2O2/c1-12(2)19(22)23-13(3)18(14-4-8-16(20)9-5-14)15-6-10-17(21)11-7-15/h4-13,18H,1-3H3/t13-/m0/s1. The molecule has 0 unspecified atom stereocenters. The van der Waals surface area contributed by atoms with Crippen molar-refractivity contribution in [2.75, 3.05) is 0 Å². The molecule has 0 N–H and O–H groups in total. The van der Waals surface area contributed by atoms with Crippen LogP contribution in [0.2, 0.25) is 0 Å². The average molecular weight is 318 g/mol. The van der Waals surface area contributed by atoms with E-state index in [1.807, 2.05) is 0 Å². The molecule has 4 heteroatoms. The molecule has 0 fully saturated rings. The molecule has 0 saturated heterocycles. The summed E-state index contributed by atoms with van der Waals surface area (Å²) in [5, 5.41) is 0. The van der Waals surface area contributed by atoms with Crippen molar-refractivity contribution in [1.29, 1.82) is 0 Å². The largest absolute Gasteiger partial charge is 0.461 e. The summed E-state index contributed by atoms with van der Waals surface area (Å²) in [4.78, 5) is 11.9. The molecule has 0 amide bonds. The van der Waals surface area contributed by atoms with E-state index in [0.717, 1.165) is 11.1 Å². The van der Waals surface area contributed by atoms with Gasteiger partial charge in [-0.2, -0.15) is 0 Å². The highest BCUT2D eigenvalue weighted by atomic mass is 19.1. The molecule has 0 aromatic heterocycles. The van der Waals surface area contributed by atoms with E-state index < -0.39 is 6.10 Å². The highest BCUT2D eigenvalue weighted by Crippen LogP contribution is 2.30. The van der Waals surface area contributed by atoms with Gasteiger partial charge < -0.3 is 4.74 Å². The Morgan fingerprint density at radius 3 is 1.57 bits per heavy atom. The van der Waals surface area contributed by atoms with Gasteiger partial charge in [-0.1, -0.05) is 38.1 Å². The third kappa shape index (κ3) is 4.38. The Morgan fingerprint density at radius 2 is 1.22 bits per heavy atom. The van der Waals surface area contributed by atoms with Crippen molar-refractivity contribution in [3.63, 3.8) is 0 Å². The van der Waals surface area contributed by atoms with Crippen LogP contribution >= 0.6 is 0 Å². The van der Waals surface area contributed by atoms with Gasteiger partial charge in [0.1, 0.15) is 17.7 Å². The molecule has 0 spiro atoms. The minimum Gasteiger partial charge on any atom is -0.461 e. The lowest BCUT2D eigenvalue weighted by Crippen LogP contribution is -2.26. The summed E-state index contributed by atoms with van der Waals surface area (Å²) < 4.78 is 31.9. The predicted molar refractivity (Wildman–Crippen MR) is 85.0 cm³/mol. The fourth-order valence-electron chi connectivity index (χ4n) is 2.46. The van der Waals surface area contributed by atoms with Crippen molar-refractivity contribution >= 4 is 5.97 Å². The molecule has 0 saturated carbocycles. The Hall–Kier alpha value is -2.23. The van der Waals surface area contributed by atoms with Crippen LogP contribution in [0.15, 0.2) is 48.5 Å². The van der Waals surface area contributed by atoms with Crippen LogP contribution in [0.3, 0.4) is 0 Å². The molecule has 0 aliphatic rings. The van der Waals surface area contributed by atoms with E-state index in [9.17, 15) is 13.6 Å². The lowest BCUT2D eigenvalue weighted by atomic mass is 9.87. The van der Waals surface area contributed by atoms with Crippen LogP contribution < -0.4 is 0 Å². The summed E-state index contributed by atoms with van der Waals surface area (Å²) in [5.74, 6) is -1.50. The molecule has 2 aromatic rings. The molecule has 0 aliphatic carbocycles. The minimum absolute atomic E-state index is 0.237. The van der Waals surface area contributed by atoms with Crippen LogP contribution in [-0.2, 0) is 9.53 Å². The second kappa shape index (κ2) is 7.36. The van der Waals surface area contributed by atoms with E-state index in [-0.39, 0.29) is 29.4 Å². The Kier molecular flexibility index (Phi) is 5.48. The van der Waals surface area contributed by atoms with Gasteiger partial charge in [-0.05, 0) is 42.3 Å². The monoisotopic (exact) mass is 318 g/mol. The lowest BCUT2D eigenvalue weighted by Gasteiger charge is -2.26. The maximum Gasteiger partial charge on any atom is 0.308 e. The van der Waals surface area contributed by atoms with E-state index in [0.29, 0.717) is 0 Å². The number of ether oxygens (including phenoxy) is 1. The first-order chi connectivity index (χ1) is 10.9. The molecule has 0 radical (unpaired) electrons. The Balaban J connectivity index is 2.36. The van der Waals surface area contributed by atoms with Crippen LogP contribution in [-0.4, -0.2) is 12.1 Å². The summed E-state index contributed by atoms with van der Waals surface area (Å²) in [7, 11) is 0. The molecule has 0 bridgehead atoms. The van der Waals surface area contributed by atoms with Gasteiger partial charge in [0, 0.05) is 5.92 Å². The number of carbonyl (C=O) groups excluding carboxylic acids is 1. The smallest absolute Gasteiger partial charge is 0.308 e. The molecular formula is C19H20F2O2. The van der Waals surface area contributed by atoms with Gasteiger partial charge in [-0.3, -0.25) is 4.79 Å². The topological polar surface area (TPSA) is 26.3 Å². The number of benzene rings is 2. The number of hydrogen-bond donors (Lipinski definition) is 0. The molecule has 0 aliphatic heterocycles.